The fourth-order valence-corrected chi connectivity index (χ4v) is 2.59. The smallest absolute Gasteiger partial charge is 0.175 e. The molecule has 3 nitrogen and oxygen atoms in total. The Kier molecular flexibility index (Phi) is 8.12. The van der Waals surface area contributed by atoms with Gasteiger partial charge in [0.25, 0.3) is 0 Å². The summed E-state index contributed by atoms with van der Waals surface area (Å²) in [7, 11) is 0. The van der Waals surface area contributed by atoms with Crippen molar-refractivity contribution in [3.8, 4) is 11.5 Å². The van der Waals surface area contributed by atoms with E-state index in [4.69, 9.17) is 15.2 Å². The van der Waals surface area contributed by atoms with E-state index in [1.165, 1.54) is 5.56 Å². The first-order chi connectivity index (χ1) is 9.97. The first kappa shape index (κ1) is 18.3. The molecule has 120 valence electrons. The molecule has 1 rings (SSSR count). The molecule has 0 aliphatic carbocycles. The number of rotatable bonds is 9. The molecule has 0 heterocycles. The zero-order chi connectivity index (χ0) is 15.8. The van der Waals surface area contributed by atoms with E-state index in [2.05, 4.69) is 48.8 Å². The van der Waals surface area contributed by atoms with E-state index in [1.807, 2.05) is 6.92 Å². The van der Waals surface area contributed by atoms with Gasteiger partial charge in [0.05, 0.1) is 17.7 Å². The fourth-order valence-electron chi connectivity index (χ4n) is 1.99. The van der Waals surface area contributed by atoms with Gasteiger partial charge in [-0.1, -0.05) is 20.8 Å². The zero-order valence-electron chi connectivity index (χ0n) is 13.6. The van der Waals surface area contributed by atoms with Gasteiger partial charge in [-0.2, -0.15) is 0 Å². The Morgan fingerprint density at radius 2 is 1.90 bits per heavy atom. The van der Waals surface area contributed by atoms with Crippen LogP contribution in [-0.4, -0.2) is 19.3 Å². The summed E-state index contributed by atoms with van der Waals surface area (Å²) in [6.45, 7) is 9.79. The summed E-state index contributed by atoms with van der Waals surface area (Å²) < 4.78 is 12.6. The fraction of sp³-hybridized carbons (Fsp3) is 0.647. The highest BCUT2D eigenvalue weighted by Crippen LogP contribution is 2.37. The van der Waals surface area contributed by atoms with Crippen LogP contribution in [-0.2, 0) is 6.42 Å². The maximum Gasteiger partial charge on any atom is 0.175 e. The summed E-state index contributed by atoms with van der Waals surface area (Å²) >= 11 is 3.60. The normalized spacial score (nSPS) is 12.5. The second-order valence-corrected chi connectivity index (χ2v) is 6.60. The SMILES string of the molecule is CCOc1cc(CC(N)CC)cc(Br)c1OCCC(C)C. The molecule has 1 aromatic rings. The molecule has 1 unspecified atom stereocenters. The monoisotopic (exact) mass is 357 g/mol. The molecule has 0 aromatic heterocycles. The summed E-state index contributed by atoms with van der Waals surface area (Å²) in [4.78, 5) is 0. The van der Waals surface area contributed by atoms with Gasteiger partial charge in [-0.25, -0.2) is 0 Å². The van der Waals surface area contributed by atoms with Crippen molar-refractivity contribution in [3.63, 3.8) is 0 Å². The minimum atomic E-state index is 0.180. The Morgan fingerprint density at radius 1 is 1.19 bits per heavy atom. The number of halogens is 1. The molecule has 4 heteroatoms. The van der Waals surface area contributed by atoms with Crippen LogP contribution in [0, 0.1) is 5.92 Å². The molecule has 0 bridgehead atoms. The number of ether oxygens (including phenoxy) is 2. The summed E-state index contributed by atoms with van der Waals surface area (Å²) in [5, 5.41) is 0. The predicted molar refractivity (Wildman–Crippen MR) is 92.2 cm³/mol. The highest BCUT2D eigenvalue weighted by Gasteiger charge is 2.14. The predicted octanol–water partition coefficient (Wildman–Crippen LogP) is 4.55. The van der Waals surface area contributed by atoms with Gasteiger partial charge in [0.2, 0.25) is 0 Å². The minimum absolute atomic E-state index is 0.180. The van der Waals surface area contributed by atoms with Crippen molar-refractivity contribution in [2.24, 2.45) is 11.7 Å². The molecule has 0 saturated carbocycles. The maximum absolute atomic E-state index is 6.04. The lowest BCUT2D eigenvalue weighted by Crippen LogP contribution is -2.21. The van der Waals surface area contributed by atoms with Gasteiger partial charge in [-0.05, 0) is 65.7 Å². The van der Waals surface area contributed by atoms with Crippen molar-refractivity contribution in [2.75, 3.05) is 13.2 Å². The van der Waals surface area contributed by atoms with Crippen molar-refractivity contribution in [2.45, 2.75) is 53.0 Å². The lowest BCUT2D eigenvalue weighted by Gasteiger charge is -2.17. The Morgan fingerprint density at radius 3 is 2.48 bits per heavy atom. The van der Waals surface area contributed by atoms with Crippen molar-refractivity contribution < 1.29 is 9.47 Å². The van der Waals surface area contributed by atoms with Crippen LogP contribution in [0.2, 0.25) is 0 Å². The van der Waals surface area contributed by atoms with Crippen LogP contribution in [0.15, 0.2) is 16.6 Å². The summed E-state index contributed by atoms with van der Waals surface area (Å²) in [5.74, 6) is 2.22. The van der Waals surface area contributed by atoms with Crippen LogP contribution in [0.1, 0.15) is 46.1 Å². The third-order valence-electron chi connectivity index (χ3n) is 3.33. The van der Waals surface area contributed by atoms with E-state index < -0.39 is 0 Å². The Balaban J connectivity index is 2.90. The molecule has 0 spiro atoms. The van der Waals surface area contributed by atoms with E-state index >= 15 is 0 Å². The number of hydrogen-bond donors (Lipinski definition) is 1. The van der Waals surface area contributed by atoms with Gasteiger partial charge < -0.3 is 15.2 Å². The molecule has 0 saturated heterocycles. The van der Waals surface area contributed by atoms with Crippen molar-refractivity contribution in [1.82, 2.24) is 0 Å². The quantitative estimate of drug-likeness (QED) is 0.704. The van der Waals surface area contributed by atoms with Gasteiger partial charge in [-0.3, -0.25) is 0 Å². The second kappa shape index (κ2) is 9.31. The highest BCUT2D eigenvalue weighted by molar-refractivity contribution is 9.10. The molecule has 1 atom stereocenters. The molecular weight excluding hydrogens is 330 g/mol. The number of nitrogens with two attached hydrogens (primary N) is 1. The van der Waals surface area contributed by atoms with E-state index in [1.54, 1.807) is 0 Å². The largest absolute Gasteiger partial charge is 0.490 e. The number of benzene rings is 1. The summed E-state index contributed by atoms with van der Waals surface area (Å²) in [6.07, 6.45) is 2.84. The van der Waals surface area contributed by atoms with Crippen LogP contribution in [0.4, 0.5) is 0 Å². The first-order valence-electron chi connectivity index (χ1n) is 7.81. The Hall–Kier alpha value is -0.740. The van der Waals surface area contributed by atoms with E-state index in [0.717, 1.165) is 35.2 Å². The third kappa shape index (κ3) is 6.27. The number of hydrogen-bond acceptors (Lipinski definition) is 3. The van der Waals surface area contributed by atoms with Crippen molar-refractivity contribution >= 4 is 15.9 Å². The van der Waals surface area contributed by atoms with Gasteiger partial charge >= 0.3 is 0 Å². The average molecular weight is 358 g/mol. The summed E-state index contributed by atoms with van der Waals surface area (Å²) in [5.41, 5.74) is 7.22. The van der Waals surface area contributed by atoms with Crippen LogP contribution < -0.4 is 15.2 Å². The molecule has 0 aliphatic heterocycles. The van der Waals surface area contributed by atoms with Crippen LogP contribution in [0.5, 0.6) is 11.5 Å². The molecule has 1 aromatic carbocycles. The lowest BCUT2D eigenvalue weighted by molar-refractivity contribution is 0.259. The van der Waals surface area contributed by atoms with Gasteiger partial charge in [0.15, 0.2) is 11.5 Å². The molecule has 0 fully saturated rings. The average Bonchev–Trinajstić information content (AvgIpc) is 2.41. The van der Waals surface area contributed by atoms with Crippen LogP contribution >= 0.6 is 15.9 Å². The van der Waals surface area contributed by atoms with Crippen LogP contribution in [0.3, 0.4) is 0 Å². The van der Waals surface area contributed by atoms with Crippen molar-refractivity contribution in [1.29, 1.82) is 0 Å². The van der Waals surface area contributed by atoms with E-state index in [-0.39, 0.29) is 6.04 Å². The van der Waals surface area contributed by atoms with Crippen molar-refractivity contribution in [3.05, 3.63) is 22.2 Å². The molecule has 2 N–H and O–H groups in total. The van der Waals surface area contributed by atoms with Crippen LogP contribution in [0.25, 0.3) is 0 Å². The van der Waals surface area contributed by atoms with Gasteiger partial charge in [0.1, 0.15) is 0 Å². The van der Waals surface area contributed by atoms with E-state index in [9.17, 15) is 0 Å². The second-order valence-electron chi connectivity index (χ2n) is 5.74. The molecular formula is C17H28BrNO2. The molecule has 0 aliphatic rings. The molecule has 0 amide bonds. The Labute approximate surface area is 137 Å². The standard InChI is InChI=1S/C17H28BrNO2/c1-5-14(19)9-13-10-15(18)17(16(11-13)20-6-2)21-8-7-12(3)4/h10-12,14H,5-9,19H2,1-4H3. The molecule has 21 heavy (non-hydrogen) atoms. The summed E-state index contributed by atoms with van der Waals surface area (Å²) in [6, 6.07) is 4.32. The highest BCUT2D eigenvalue weighted by atomic mass is 79.9. The first-order valence-corrected chi connectivity index (χ1v) is 8.60. The van der Waals surface area contributed by atoms with E-state index in [0.29, 0.717) is 19.1 Å². The minimum Gasteiger partial charge on any atom is -0.490 e. The molecule has 0 radical (unpaired) electrons. The zero-order valence-corrected chi connectivity index (χ0v) is 15.2. The Bertz CT molecular complexity index is 435. The van der Waals surface area contributed by atoms with Gasteiger partial charge in [0, 0.05) is 6.04 Å². The van der Waals surface area contributed by atoms with Gasteiger partial charge in [-0.15, -0.1) is 0 Å². The maximum atomic E-state index is 6.04. The topological polar surface area (TPSA) is 44.5 Å². The lowest BCUT2D eigenvalue weighted by atomic mass is 10.0. The third-order valence-corrected chi connectivity index (χ3v) is 3.92.